The van der Waals surface area contributed by atoms with Gasteiger partial charge in [-0.05, 0) is 30.3 Å². The summed E-state index contributed by atoms with van der Waals surface area (Å²) < 4.78 is 14.9. The smallest absolute Gasteiger partial charge is 0.335 e. The van der Waals surface area contributed by atoms with Crippen molar-refractivity contribution in [1.29, 1.82) is 0 Å². The molecule has 1 aliphatic heterocycles. The molecule has 0 bridgehead atoms. The molecular formula is C24H16FN3O3. The van der Waals surface area contributed by atoms with E-state index in [0.29, 0.717) is 22.5 Å². The van der Waals surface area contributed by atoms with Crippen LogP contribution in [0.3, 0.4) is 0 Å². The van der Waals surface area contributed by atoms with Crippen molar-refractivity contribution in [2.24, 2.45) is 0 Å². The molecule has 0 spiro atoms. The van der Waals surface area contributed by atoms with E-state index in [1.54, 1.807) is 30.3 Å². The number of carboxylic acid groups (broad SMARTS) is 1. The molecule has 1 aromatic heterocycles. The number of benzene rings is 3. The second-order valence-corrected chi connectivity index (χ2v) is 7.18. The molecule has 6 nitrogen and oxygen atoms in total. The van der Waals surface area contributed by atoms with Gasteiger partial charge < -0.3 is 5.11 Å². The Hall–Kier alpha value is -4.26. The van der Waals surface area contributed by atoms with Crippen LogP contribution in [0.4, 0.5) is 10.1 Å². The van der Waals surface area contributed by atoms with Crippen molar-refractivity contribution >= 4 is 17.6 Å². The summed E-state index contributed by atoms with van der Waals surface area (Å²) in [6, 6.07) is 20.9. The first-order valence-corrected chi connectivity index (χ1v) is 9.61. The van der Waals surface area contributed by atoms with Crippen molar-refractivity contribution in [2.45, 2.75) is 6.04 Å². The molecule has 1 atom stereocenters. The molecule has 1 amide bonds. The van der Waals surface area contributed by atoms with Gasteiger partial charge in [0.05, 0.1) is 17.3 Å². The average Bonchev–Trinajstić information content (AvgIpc) is 3.34. The molecule has 5 rings (SSSR count). The number of nitrogens with one attached hydrogen (secondary N) is 1. The first-order valence-electron chi connectivity index (χ1n) is 9.61. The van der Waals surface area contributed by atoms with Crippen LogP contribution < -0.4 is 4.90 Å². The third kappa shape index (κ3) is 2.98. The zero-order valence-electron chi connectivity index (χ0n) is 16.1. The molecule has 4 aromatic rings. The molecular weight excluding hydrogens is 397 g/mol. The lowest BCUT2D eigenvalue weighted by Crippen LogP contribution is -2.29. The van der Waals surface area contributed by atoms with Crippen LogP contribution in [0.15, 0.2) is 78.9 Å². The number of hydrogen-bond donors (Lipinski definition) is 2. The Balaban J connectivity index is 1.72. The third-order valence-corrected chi connectivity index (χ3v) is 5.41. The number of fused-ring (bicyclic) bond motifs is 1. The number of H-pyrrole nitrogens is 1. The van der Waals surface area contributed by atoms with Crippen molar-refractivity contribution in [3.63, 3.8) is 0 Å². The highest BCUT2D eigenvalue weighted by atomic mass is 19.1. The van der Waals surface area contributed by atoms with Gasteiger partial charge in [0, 0.05) is 22.4 Å². The maximum Gasteiger partial charge on any atom is 0.335 e. The minimum atomic E-state index is -1.06. The van der Waals surface area contributed by atoms with Gasteiger partial charge in [-0.25, -0.2) is 9.18 Å². The van der Waals surface area contributed by atoms with Gasteiger partial charge in [0.2, 0.25) is 0 Å². The number of aromatic nitrogens is 2. The zero-order valence-corrected chi connectivity index (χ0v) is 16.1. The number of hydrogen-bond acceptors (Lipinski definition) is 3. The maximum atomic E-state index is 14.9. The van der Waals surface area contributed by atoms with Crippen molar-refractivity contribution < 1.29 is 19.1 Å². The summed E-state index contributed by atoms with van der Waals surface area (Å²) in [4.78, 5) is 26.1. The van der Waals surface area contributed by atoms with Gasteiger partial charge in [0.1, 0.15) is 11.5 Å². The van der Waals surface area contributed by atoms with E-state index in [1.165, 1.54) is 23.1 Å². The Morgan fingerprint density at radius 2 is 1.65 bits per heavy atom. The molecule has 0 saturated carbocycles. The van der Waals surface area contributed by atoms with Crippen LogP contribution in [0.25, 0.3) is 11.3 Å². The molecule has 0 unspecified atom stereocenters. The highest BCUT2D eigenvalue weighted by Crippen LogP contribution is 2.45. The summed E-state index contributed by atoms with van der Waals surface area (Å²) in [5.41, 5.74) is 3.14. The number of halogens is 1. The molecule has 0 saturated heterocycles. The van der Waals surface area contributed by atoms with Gasteiger partial charge >= 0.3 is 5.97 Å². The number of rotatable bonds is 4. The van der Waals surface area contributed by atoms with Crippen LogP contribution in [0.5, 0.6) is 0 Å². The normalized spacial score (nSPS) is 15.2. The molecule has 2 heterocycles. The molecule has 2 N–H and O–H groups in total. The van der Waals surface area contributed by atoms with Gasteiger partial charge in [0.15, 0.2) is 0 Å². The van der Waals surface area contributed by atoms with E-state index in [1.807, 2.05) is 30.3 Å². The number of carboxylic acids is 1. The SMILES string of the molecule is O=C(O)c1ccc(N2C(=O)c3[nH]nc(-c4ccccc4)c3[C@@H]2c2ccccc2F)cc1. The highest BCUT2D eigenvalue weighted by molar-refractivity contribution is 6.11. The number of carbonyl (C=O) groups excluding carboxylic acids is 1. The lowest BCUT2D eigenvalue weighted by molar-refractivity contribution is 0.0696. The fourth-order valence-corrected chi connectivity index (χ4v) is 3.99. The first kappa shape index (κ1) is 18.7. The molecule has 0 radical (unpaired) electrons. The summed E-state index contributed by atoms with van der Waals surface area (Å²) in [5.74, 6) is -1.87. The first-order chi connectivity index (χ1) is 15.1. The number of carbonyl (C=O) groups is 2. The number of anilines is 1. The Kier molecular flexibility index (Phi) is 4.36. The van der Waals surface area contributed by atoms with Crippen LogP contribution in [0.2, 0.25) is 0 Å². The number of nitrogens with zero attached hydrogens (tertiary/aromatic N) is 2. The lowest BCUT2D eigenvalue weighted by Gasteiger charge is -2.27. The zero-order chi connectivity index (χ0) is 21.5. The molecule has 152 valence electrons. The van der Waals surface area contributed by atoms with Crippen molar-refractivity contribution in [3.05, 3.63) is 107 Å². The van der Waals surface area contributed by atoms with E-state index in [9.17, 15) is 19.1 Å². The Bertz CT molecular complexity index is 1300. The third-order valence-electron chi connectivity index (χ3n) is 5.41. The van der Waals surface area contributed by atoms with E-state index in [0.717, 1.165) is 5.56 Å². The van der Waals surface area contributed by atoms with E-state index >= 15 is 0 Å². The lowest BCUT2D eigenvalue weighted by atomic mass is 9.95. The van der Waals surface area contributed by atoms with Gasteiger partial charge in [-0.1, -0.05) is 48.5 Å². The predicted molar refractivity (Wildman–Crippen MR) is 112 cm³/mol. The van der Waals surface area contributed by atoms with Gasteiger partial charge in [0.25, 0.3) is 5.91 Å². The number of aromatic amines is 1. The van der Waals surface area contributed by atoms with Crippen molar-refractivity contribution in [1.82, 2.24) is 10.2 Å². The van der Waals surface area contributed by atoms with Gasteiger partial charge in [-0.15, -0.1) is 0 Å². The monoisotopic (exact) mass is 413 g/mol. The standard InChI is InChI=1S/C24H16FN3O3/c25-18-9-5-4-8-17(18)22-19-20(14-6-2-1-3-7-14)26-27-21(19)23(29)28(22)16-12-10-15(11-13-16)24(30)31/h1-13,22H,(H,26,27)(H,30,31)/t22-/m0/s1. The highest BCUT2D eigenvalue weighted by Gasteiger charge is 2.44. The number of amides is 1. The van der Waals surface area contributed by atoms with Crippen LogP contribution in [-0.4, -0.2) is 27.2 Å². The quantitative estimate of drug-likeness (QED) is 0.509. The second kappa shape index (κ2) is 7.21. The fourth-order valence-electron chi connectivity index (χ4n) is 3.99. The summed E-state index contributed by atoms with van der Waals surface area (Å²) in [6.45, 7) is 0. The second-order valence-electron chi connectivity index (χ2n) is 7.18. The average molecular weight is 413 g/mol. The summed E-state index contributed by atoms with van der Waals surface area (Å²) >= 11 is 0. The molecule has 7 heteroatoms. The topological polar surface area (TPSA) is 86.3 Å². The summed E-state index contributed by atoms with van der Waals surface area (Å²) in [6.07, 6.45) is 0. The minimum absolute atomic E-state index is 0.1000. The number of aromatic carboxylic acids is 1. The predicted octanol–water partition coefficient (Wildman–Crippen LogP) is 4.66. The minimum Gasteiger partial charge on any atom is -0.478 e. The maximum absolute atomic E-state index is 14.9. The fraction of sp³-hybridized carbons (Fsp3) is 0.0417. The molecule has 0 fully saturated rings. The Labute approximate surface area is 176 Å². The molecule has 1 aliphatic rings. The summed E-state index contributed by atoms with van der Waals surface area (Å²) in [7, 11) is 0. The van der Waals surface area contributed by atoms with E-state index in [2.05, 4.69) is 10.2 Å². The van der Waals surface area contributed by atoms with E-state index in [-0.39, 0.29) is 17.2 Å². The van der Waals surface area contributed by atoms with E-state index < -0.39 is 17.8 Å². The van der Waals surface area contributed by atoms with Crippen LogP contribution >= 0.6 is 0 Å². The largest absolute Gasteiger partial charge is 0.478 e. The molecule has 3 aromatic carbocycles. The van der Waals surface area contributed by atoms with Crippen LogP contribution in [-0.2, 0) is 0 Å². The Morgan fingerprint density at radius 3 is 2.32 bits per heavy atom. The van der Waals surface area contributed by atoms with E-state index in [4.69, 9.17) is 0 Å². The summed E-state index contributed by atoms with van der Waals surface area (Å²) in [5, 5.41) is 16.4. The van der Waals surface area contributed by atoms with Crippen LogP contribution in [0.1, 0.15) is 38.0 Å². The van der Waals surface area contributed by atoms with Gasteiger partial charge in [-0.3, -0.25) is 14.8 Å². The molecule has 0 aliphatic carbocycles. The van der Waals surface area contributed by atoms with Crippen LogP contribution in [0, 0.1) is 5.82 Å². The molecule has 31 heavy (non-hydrogen) atoms. The van der Waals surface area contributed by atoms with Gasteiger partial charge in [-0.2, -0.15) is 5.10 Å². The van der Waals surface area contributed by atoms with Crippen molar-refractivity contribution in [3.8, 4) is 11.3 Å². The Morgan fingerprint density at radius 1 is 0.968 bits per heavy atom. The van der Waals surface area contributed by atoms with Crippen molar-refractivity contribution in [2.75, 3.05) is 4.90 Å².